The maximum atomic E-state index is 12.8. The second-order valence-electron chi connectivity index (χ2n) is 7.88. The van der Waals surface area contributed by atoms with E-state index in [0.29, 0.717) is 24.7 Å². The van der Waals surface area contributed by atoms with E-state index in [0.717, 1.165) is 24.3 Å². The van der Waals surface area contributed by atoms with Crippen molar-refractivity contribution in [3.05, 3.63) is 29.3 Å². The number of likely N-dealkylation sites (N-methyl/N-ethyl adjacent to an activating group) is 2. The normalized spacial score (nSPS) is 18.1. The number of carbonyl (C=O) groups is 2. The molecule has 3 rings (SSSR count). The first-order chi connectivity index (χ1) is 13.0. The van der Waals surface area contributed by atoms with Gasteiger partial charge in [0.25, 0.3) is 5.91 Å². The molecular weight excluding hydrogens is 340 g/mol. The molecule has 6 nitrogen and oxygen atoms in total. The van der Waals surface area contributed by atoms with Gasteiger partial charge in [-0.25, -0.2) is 4.79 Å². The van der Waals surface area contributed by atoms with Crippen molar-refractivity contribution in [1.29, 1.82) is 0 Å². The van der Waals surface area contributed by atoms with E-state index in [1.54, 1.807) is 9.80 Å². The molecule has 1 aromatic rings. The summed E-state index contributed by atoms with van der Waals surface area (Å²) in [6.07, 6.45) is 6.56. The average molecular weight is 373 g/mol. The number of amides is 3. The Hall–Kier alpha value is -2.08. The van der Waals surface area contributed by atoms with E-state index in [4.69, 9.17) is 0 Å². The van der Waals surface area contributed by atoms with Crippen LogP contribution in [-0.4, -0.2) is 68.1 Å². The summed E-state index contributed by atoms with van der Waals surface area (Å²) in [7, 11) is 4.04. The van der Waals surface area contributed by atoms with Crippen molar-refractivity contribution in [3.63, 3.8) is 0 Å². The zero-order valence-electron chi connectivity index (χ0n) is 16.8. The van der Waals surface area contributed by atoms with Crippen molar-refractivity contribution in [2.45, 2.75) is 45.1 Å². The molecule has 1 heterocycles. The number of hydrogen-bond donors (Lipinski definition) is 1. The van der Waals surface area contributed by atoms with Gasteiger partial charge < -0.3 is 15.1 Å². The molecule has 1 aliphatic carbocycles. The number of urea groups is 1. The van der Waals surface area contributed by atoms with E-state index in [1.165, 1.54) is 32.1 Å². The van der Waals surface area contributed by atoms with E-state index in [-0.39, 0.29) is 11.9 Å². The molecule has 2 aliphatic rings. The maximum Gasteiger partial charge on any atom is 0.322 e. The lowest BCUT2D eigenvalue weighted by molar-refractivity contribution is 0.0767. The van der Waals surface area contributed by atoms with Gasteiger partial charge in [-0.15, -0.1) is 0 Å². The van der Waals surface area contributed by atoms with Gasteiger partial charge >= 0.3 is 6.03 Å². The summed E-state index contributed by atoms with van der Waals surface area (Å²) >= 11 is 0. The van der Waals surface area contributed by atoms with Crippen molar-refractivity contribution >= 4 is 17.6 Å². The van der Waals surface area contributed by atoms with Crippen LogP contribution in [0.15, 0.2) is 18.2 Å². The fourth-order valence-electron chi connectivity index (χ4n) is 4.13. The number of rotatable bonds is 6. The average Bonchev–Trinajstić information content (AvgIpc) is 3.11. The van der Waals surface area contributed by atoms with Gasteiger partial charge in [0, 0.05) is 50.5 Å². The predicted molar refractivity (Wildman–Crippen MR) is 108 cm³/mol. The summed E-state index contributed by atoms with van der Waals surface area (Å²) < 4.78 is 0. The van der Waals surface area contributed by atoms with E-state index < -0.39 is 0 Å². The third kappa shape index (κ3) is 4.61. The molecule has 0 bridgehead atoms. The molecule has 148 valence electrons. The molecule has 1 saturated heterocycles. The van der Waals surface area contributed by atoms with Crippen molar-refractivity contribution in [3.8, 4) is 0 Å². The summed E-state index contributed by atoms with van der Waals surface area (Å²) in [5.41, 5.74) is 2.51. The van der Waals surface area contributed by atoms with Crippen molar-refractivity contribution in [2.75, 3.05) is 45.2 Å². The van der Waals surface area contributed by atoms with Crippen molar-refractivity contribution in [1.82, 2.24) is 15.1 Å². The van der Waals surface area contributed by atoms with Crippen LogP contribution in [0.4, 0.5) is 10.5 Å². The Kier molecular flexibility index (Phi) is 6.37. The number of benzene rings is 1. The van der Waals surface area contributed by atoms with E-state index in [1.807, 2.05) is 32.2 Å². The Labute approximate surface area is 162 Å². The number of nitrogens with zero attached hydrogens (tertiary/aromatic N) is 3. The first kappa shape index (κ1) is 19.7. The van der Waals surface area contributed by atoms with Gasteiger partial charge in [-0.1, -0.05) is 19.3 Å². The minimum absolute atomic E-state index is 0.0348. The highest BCUT2D eigenvalue weighted by atomic mass is 16.2. The molecule has 3 amide bonds. The minimum Gasteiger partial charge on any atom is -0.340 e. The first-order valence-corrected chi connectivity index (χ1v) is 10.1. The third-order valence-electron chi connectivity index (χ3n) is 5.92. The van der Waals surface area contributed by atoms with Crippen LogP contribution in [0.3, 0.4) is 0 Å². The minimum atomic E-state index is -0.0694. The van der Waals surface area contributed by atoms with Crippen LogP contribution in [0.5, 0.6) is 0 Å². The standard InChI is InChI=1S/C21H32N4O2/c1-16-15-17(9-10-19(16)25-12-11-22-21(25)27)20(26)24(3)14-13-23(2)18-7-5-4-6-8-18/h9-10,15,18H,4-8,11-14H2,1-3H3,(H,22,27). The Balaban J connectivity index is 1.57. The summed E-state index contributed by atoms with van der Waals surface area (Å²) in [6, 6.07) is 6.20. The van der Waals surface area contributed by atoms with Gasteiger partial charge in [0.15, 0.2) is 0 Å². The SMILES string of the molecule is Cc1cc(C(=O)N(C)CCN(C)C2CCCCC2)ccc1N1CCNC1=O. The van der Waals surface area contributed by atoms with Crippen LogP contribution >= 0.6 is 0 Å². The monoisotopic (exact) mass is 372 g/mol. The maximum absolute atomic E-state index is 12.8. The molecule has 2 fully saturated rings. The summed E-state index contributed by atoms with van der Waals surface area (Å²) in [5, 5.41) is 2.81. The van der Waals surface area contributed by atoms with Gasteiger partial charge in [0.1, 0.15) is 0 Å². The van der Waals surface area contributed by atoms with E-state index in [2.05, 4.69) is 17.3 Å². The smallest absolute Gasteiger partial charge is 0.322 e. The number of nitrogens with one attached hydrogen (secondary N) is 1. The summed E-state index contributed by atoms with van der Waals surface area (Å²) in [6.45, 7) is 4.91. The van der Waals surface area contributed by atoms with Crippen LogP contribution < -0.4 is 10.2 Å². The van der Waals surface area contributed by atoms with Crippen LogP contribution in [0.25, 0.3) is 0 Å². The number of carbonyl (C=O) groups excluding carboxylic acids is 2. The van der Waals surface area contributed by atoms with Crippen molar-refractivity contribution in [2.24, 2.45) is 0 Å². The molecular formula is C21H32N4O2. The zero-order chi connectivity index (χ0) is 19.4. The molecule has 1 N–H and O–H groups in total. The van der Waals surface area contributed by atoms with Gasteiger partial charge in [0.2, 0.25) is 0 Å². The molecule has 1 saturated carbocycles. The second-order valence-corrected chi connectivity index (χ2v) is 7.88. The van der Waals surface area contributed by atoms with Gasteiger partial charge in [-0.05, 0) is 50.6 Å². The molecule has 1 aromatic carbocycles. The number of anilines is 1. The molecule has 1 aliphatic heterocycles. The highest BCUT2D eigenvalue weighted by Gasteiger charge is 2.24. The molecule has 0 aromatic heterocycles. The Morgan fingerprint density at radius 1 is 1.19 bits per heavy atom. The largest absolute Gasteiger partial charge is 0.340 e. The predicted octanol–water partition coefficient (Wildman–Crippen LogP) is 2.86. The fourth-order valence-corrected chi connectivity index (χ4v) is 4.13. The Morgan fingerprint density at radius 3 is 2.56 bits per heavy atom. The molecule has 6 heteroatoms. The highest BCUT2D eigenvalue weighted by molar-refractivity contribution is 5.97. The number of aryl methyl sites for hydroxylation is 1. The molecule has 27 heavy (non-hydrogen) atoms. The molecule has 0 atom stereocenters. The van der Waals surface area contributed by atoms with Crippen LogP contribution in [-0.2, 0) is 0 Å². The van der Waals surface area contributed by atoms with Crippen LogP contribution in [0, 0.1) is 6.92 Å². The van der Waals surface area contributed by atoms with Crippen molar-refractivity contribution < 1.29 is 9.59 Å². The lowest BCUT2D eigenvalue weighted by Gasteiger charge is -2.32. The molecule has 0 unspecified atom stereocenters. The van der Waals surface area contributed by atoms with Gasteiger partial charge in [0.05, 0.1) is 0 Å². The Bertz CT molecular complexity index is 685. The molecule has 0 radical (unpaired) electrons. The molecule has 0 spiro atoms. The Morgan fingerprint density at radius 2 is 1.93 bits per heavy atom. The van der Waals surface area contributed by atoms with E-state index in [9.17, 15) is 9.59 Å². The number of hydrogen-bond acceptors (Lipinski definition) is 3. The zero-order valence-corrected chi connectivity index (χ0v) is 16.8. The second kappa shape index (κ2) is 8.74. The van der Waals surface area contributed by atoms with Gasteiger partial charge in [-0.2, -0.15) is 0 Å². The van der Waals surface area contributed by atoms with Crippen LogP contribution in [0.2, 0.25) is 0 Å². The van der Waals surface area contributed by atoms with E-state index >= 15 is 0 Å². The topological polar surface area (TPSA) is 55.9 Å². The van der Waals surface area contributed by atoms with Gasteiger partial charge in [-0.3, -0.25) is 9.69 Å². The quantitative estimate of drug-likeness (QED) is 0.835. The fraction of sp³-hybridized carbons (Fsp3) is 0.619. The summed E-state index contributed by atoms with van der Waals surface area (Å²) in [5.74, 6) is 0.0348. The lowest BCUT2D eigenvalue weighted by Crippen LogP contribution is -2.40. The first-order valence-electron chi connectivity index (χ1n) is 10.1. The summed E-state index contributed by atoms with van der Waals surface area (Å²) in [4.78, 5) is 30.6. The highest BCUT2D eigenvalue weighted by Crippen LogP contribution is 2.24. The lowest BCUT2D eigenvalue weighted by atomic mass is 9.94. The van der Waals surface area contributed by atoms with Crippen LogP contribution in [0.1, 0.15) is 48.0 Å². The third-order valence-corrected chi connectivity index (χ3v) is 5.92.